The predicted molar refractivity (Wildman–Crippen MR) is 79.3 cm³/mol. The van der Waals surface area contributed by atoms with Crippen LogP contribution in [0.2, 0.25) is 0 Å². The minimum atomic E-state index is 0.545. The molecule has 1 aromatic rings. The van der Waals surface area contributed by atoms with Crippen LogP contribution in [-0.2, 0) is 13.6 Å². The zero-order chi connectivity index (χ0) is 13.5. The van der Waals surface area contributed by atoms with Crippen LogP contribution in [0.3, 0.4) is 0 Å². The van der Waals surface area contributed by atoms with Gasteiger partial charge in [-0.15, -0.1) is 0 Å². The maximum atomic E-state index is 4.54. The third kappa shape index (κ3) is 4.41. The second kappa shape index (κ2) is 7.37. The number of thioether (sulfide) groups is 1. The van der Waals surface area contributed by atoms with Crippen molar-refractivity contribution in [2.75, 3.05) is 18.8 Å². The lowest BCUT2D eigenvalue weighted by atomic mass is 10.2. The lowest BCUT2D eigenvalue weighted by Gasteiger charge is -2.14. The Bertz CT molecular complexity index is 410. The lowest BCUT2D eigenvalue weighted by molar-refractivity contribution is 0.693. The molecule has 1 unspecified atom stereocenters. The molecule has 0 aliphatic carbocycles. The fourth-order valence-electron chi connectivity index (χ4n) is 1.97. The fourth-order valence-corrected chi connectivity index (χ4v) is 3.17. The molecule has 0 radical (unpaired) electrons. The number of aromatic nitrogens is 3. The number of nitrogens with zero attached hydrogens (tertiary/aromatic N) is 4. The van der Waals surface area contributed by atoms with Crippen molar-refractivity contribution in [3.05, 3.63) is 12.2 Å². The molecule has 1 saturated heterocycles. The molecule has 0 saturated carbocycles. The number of aliphatic imine (C=N–C) groups is 1. The molecule has 2 heterocycles. The van der Waals surface area contributed by atoms with Crippen molar-refractivity contribution in [1.82, 2.24) is 25.4 Å². The minimum absolute atomic E-state index is 0.545. The van der Waals surface area contributed by atoms with Crippen LogP contribution in [-0.4, -0.2) is 44.8 Å². The molecule has 0 amide bonds. The molecule has 1 fully saturated rings. The first-order chi connectivity index (χ1) is 9.29. The van der Waals surface area contributed by atoms with Crippen LogP contribution in [0.25, 0.3) is 0 Å². The molecule has 2 rings (SSSR count). The molecule has 0 aromatic carbocycles. The van der Waals surface area contributed by atoms with Gasteiger partial charge in [0, 0.05) is 25.4 Å². The predicted octanol–water partition coefficient (Wildman–Crippen LogP) is 0.766. The van der Waals surface area contributed by atoms with Gasteiger partial charge in [0.15, 0.2) is 5.96 Å². The van der Waals surface area contributed by atoms with E-state index in [1.54, 1.807) is 11.0 Å². The summed E-state index contributed by atoms with van der Waals surface area (Å²) in [6.45, 7) is 4.46. The molecule has 0 bridgehead atoms. The van der Waals surface area contributed by atoms with Gasteiger partial charge in [0.25, 0.3) is 0 Å². The second-order valence-electron chi connectivity index (χ2n) is 4.51. The van der Waals surface area contributed by atoms with Gasteiger partial charge in [-0.05, 0) is 25.5 Å². The average Bonchev–Trinajstić information content (AvgIpc) is 3.04. The Labute approximate surface area is 118 Å². The fraction of sp³-hybridized carbons (Fsp3) is 0.750. The number of hydrogen-bond acceptors (Lipinski definition) is 4. The van der Waals surface area contributed by atoms with E-state index in [4.69, 9.17) is 0 Å². The summed E-state index contributed by atoms with van der Waals surface area (Å²) in [5, 5.41) is 11.4. The van der Waals surface area contributed by atoms with E-state index in [9.17, 15) is 0 Å². The first-order valence-electron chi connectivity index (χ1n) is 6.76. The highest BCUT2D eigenvalue weighted by atomic mass is 32.2. The summed E-state index contributed by atoms with van der Waals surface area (Å²) >= 11 is 2.05. The standard InChI is InChI=1S/C12H22N6S/c1-3-13-12(14-7-10-5-4-6-19-10)15-8-11-16-9-17-18(11)2/h9-10H,3-8H2,1-2H3,(H2,13,14,15). The Morgan fingerprint density at radius 1 is 1.58 bits per heavy atom. The SMILES string of the molecule is CCNC(=NCc1ncnn1C)NCC1CCCS1. The van der Waals surface area contributed by atoms with Gasteiger partial charge in [-0.1, -0.05) is 0 Å². The van der Waals surface area contributed by atoms with Crippen molar-refractivity contribution in [3.63, 3.8) is 0 Å². The van der Waals surface area contributed by atoms with Crippen LogP contribution in [0.4, 0.5) is 0 Å². The topological polar surface area (TPSA) is 67.1 Å². The van der Waals surface area contributed by atoms with E-state index in [0.29, 0.717) is 6.54 Å². The Morgan fingerprint density at radius 2 is 2.47 bits per heavy atom. The summed E-state index contributed by atoms with van der Waals surface area (Å²) in [6, 6.07) is 0. The van der Waals surface area contributed by atoms with E-state index in [2.05, 4.69) is 32.6 Å². The highest BCUT2D eigenvalue weighted by Crippen LogP contribution is 2.25. The van der Waals surface area contributed by atoms with Gasteiger partial charge >= 0.3 is 0 Å². The van der Waals surface area contributed by atoms with Crippen LogP contribution < -0.4 is 10.6 Å². The van der Waals surface area contributed by atoms with Crippen LogP contribution >= 0.6 is 11.8 Å². The van der Waals surface area contributed by atoms with Crippen molar-refractivity contribution in [1.29, 1.82) is 0 Å². The highest BCUT2D eigenvalue weighted by Gasteiger charge is 2.15. The molecule has 1 aliphatic rings. The van der Waals surface area contributed by atoms with Crippen molar-refractivity contribution in [2.45, 2.75) is 31.6 Å². The first kappa shape index (κ1) is 14.2. The minimum Gasteiger partial charge on any atom is -0.357 e. The number of nitrogens with one attached hydrogen (secondary N) is 2. The molecule has 19 heavy (non-hydrogen) atoms. The second-order valence-corrected chi connectivity index (χ2v) is 5.92. The molecule has 1 aliphatic heterocycles. The van der Waals surface area contributed by atoms with Crippen LogP contribution in [0.1, 0.15) is 25.6 Å². The number of rotatable bonds is 5. The van der Waals surface area contributed by atoms with Gasteiger partial charge in [-0.25, -0.2) is 9.98 Å². The number of guanidine groups is 1. The molecule has 1 atom stereocenters. The summed E-state index contributed by atoms with van der Waals surface area (Å²) in [6.07, 6.45) is 4.20. The van der Waals surface area contributed by atoms with Crippen molar-refractivity contribution >= 4 is 17.7 Å². The van der Waals surface area contributed by atoms with Crippen LogP contribution in [0.5, 0.6) is 0 Å². The average molecular weight is 282 g/mol. The Morgan fingerprint density at radius 3 is 3.11 bits per heavy atom. The van der Waals surface area contributed by atoms with Gasteiger partial charge in [0.1, 0.15) is 18.7 Å². The molecular formula is C12H22N6S. The number of aryl methyl sites for hydroxylation is 1. The molecule has 7 heteroatoms. The lowest BCUT2D eigenvalue weighted by Crippen LogP contribution is -2.40. The van der Waals surface area contributed by atoms with Crippen LogP contribution in [0.15, 0.2) is 11.3 Å². The number of hydrogen-bond donors (Lipinski definition) is 2. The van der Waals surface area contributed by atoms with Gasteiger partial charge in [0.05, 0.1) is 0 Å². The normalized spacial score (nSPS) is 19.7. The quantitative estimate of drug-likeness (QED) is 0.617. The largest absolute Gasteiger partial charge is 0.357 e. The van der Waals surface area contributed by atoms with E-state index < -0.39 is 0 Å². The van der Waals surface area contributed by atoms with Gasteiger partial charge in [-0.3, -0.25) is 4.68 Å². The van der Waals surface area contributed by atoms with E-state index in [1.165, 1.54) is 18.6 Å². The molecule has 6 nitrogen and oxygen atoms in total. The summed E-state index contributed by atoms with van der Waals surface area (Å²) < 4.78 is 1.75. The maximum absolute atomic E-state index is 4.54. The Balaban J connectivity index is 1.85. The highest BCUT2D eigenvalue weighted by molar-refractivity contribution is 8.00. The Kier molecular flexibility index (Phi) is 5.50. The summed E-state index contributed by atoms with van der Waals surface area (Å²) in [5.41, 5.74) is 0. The maximum Gasteiger partial charge on any atom is 0.191 e. The van der Waals surface area contributed by atoms with E-state index in [-0.39, 0.29) is 0 Å². The smallest absolute Gasteiger partial charge is 0.191 e. The summed E-state index contributed by atoms with van der Waals surface area (Å²) in [4.78, 5) is 8.71. The third-order valence-electron chi connectivity index (χ3n) is 3.05. The van der Waals surface area contributed by atoms with Crippen molar-refractivity contribution < 1.29 is 0 Å². The van der Waals surface area contributed by atoms with Gasteiger partial charge in [0.2, 0.25) is 0 Å². The monoisotopic (exact) mass is 282 g/mol. The van der Waals surface area contributed by atoms with Crippen LogP contribution in [0, 0.1) is 0 Å². The van der Waals surface area contributed by atoms with Gasteiger partial charge < -0.3 is 10.6 Å². The molecular weight excluding hydrogens is 260 g/mol. The zero-order valence-electron chi connectivity index (χ0n) is 11.6. The molecule has 1 aromatic heterocycles. The Hall–Kier alpha value is -1.24. The molecule has 106 valence electrons. The summed E-state index contributed by atoms with van der Waals surface area (Å²) in [7, 11) is 1.88. The first-order valence-corrected chi connectivity index (χ1v) is 7.81. The van der Waals surface area contributed by atoms with E-state index >= 15 is 0 Å². The van der Waals surface area contributed by atoms with Crippen molar-refractivity contribution in [3.8, 4) is 0 Å². The van der Waals surface area contributed by atoms with E-state index in [1.807, 2.05) is 18.8 Å². The zero-order valence-corrected chi connectivity index (χ0v) is 12.4. The summed E-state index contributed by atoms with van der Waals surface area (Å²) in [5.74, 6) is 3.02. The molecule has 2 N–H and O–H groups in total. The van der Waals surface area contributed by atoms with Crippen molar-refractivity contribution in [2.24, 2.45) is 12.0 Å². The molecule has 0 spiro atoms. The van der Waals surface area contributed by atoms with Gasteiger partial charge in [-0.2, -0.15) is 16.9 Å². The van der Waals surface area contributed by atoms with E-state index in [0.717, 1.165) is 30.1 Å². The third-order valence-corrected chi connectivity index (χ3v) is 4.45.